The molecule has 0 saturated heterocycles. The van der Waals surface area contributed by atoms with Gasteiger partial charge in [-0.15, -0.1) is 0 Å². The topological polar surface area (TPSA) is 96.9 Å². The van der Waals surface area contributed by atoms with E-state index in [4.69, 9.17) is 0 Å². The quantitative estimate of drug-likeness (QED) is 0.829. The molecule has 0 aliphatic rings. The first-order chi connectivity index (χ1) is 10.0. The van der Waals surface area contributed by atoms with Gasteiger partial charge in [0.1, 0.15) is 5.82 Å². The van der Waals surface area contributed by atoms with E-state index in [-0.39, 0.29) is 11.6 Å². The van der Waals surface area contributed by atoms with E-state index in [1.54, 1.807) is 31.3 Å². The smallest absolute Gasteiger partial charge is 0.260 e. The largest absolute Gasteiger partial charge is 0.383 e. The van der Waals surface area contributed by atoms with E-state index >= 15 is 0 Å². The molecule has 2 aromatic rings. The van der Waals surface area contributed by atoms with E-state index in [2.05, 4.69) is 25.0 Å². The predicted octanol–water partition coefficient (Wildman–Crippen LogP) is 1.09. The van der Waals surface area contributed by atoms with Crippen LogP contribution in [0.4, 0.5) is 5.69 Å². The molecule has 0 fully saturated rings. The van der Waals surface area contributed by atoms with Crippen LogP contribution in [0.25, 0.3) is 0 Å². The van der Waals surface area contributed by atoms with Gasteiger partial charge in [-0.25, -0.2) is 28.1 Å². The number of hydrogen-bond donors (Lipinski definition) is 2. The van der Waals surface area contributed by atoms with Crippen LogP contribution in [0.5, 0.6) is 0 Å². The molecule has 2 heterocycles. The van der Waals surface area contributed by atoms with Gasteiger partial charge in [-0.3, -0.25) is 0 Å². The van der Waals surface area contributed by atoms with E-state index in [0.29, 0.717) is 23.8 Å². The molecule has 2 rings (SSSR count). The average Bonchev–Trinajstić information content (AvgIpc) is 2.46. The molecule has 0 aromatic carbocycles. The normalized spacial score (nSPS) is 11.3. The zero-order valence-corrected chi connectivity index (χ0v) is 12.7. The summed E-state index contributed by atoms with van der Waals surface area (Å²) in [6.45, 7) is 4.34. The van der Waals surface area contributed by atoms with Gasteiger partial charge in [-0.1, -0.05) is 0 Å². The summed E-state index contributed by atoms with van der Waals surface area (Å²) < 4.78 is 27.2. The molecule has 0 amide bonds. The first-order valence-corrected chi connectivity index (χ1v) is 7.98. The van der Waals surface area contributed by atoms with Crippen molar-refractivity contribution in [1.29, 1.82) is 0 Å². The Balaban J connectivity index is 2.19. The summed E-state index contributed by atoms with van der Waals surface area (Å²) >= 11 is 0. The minimum Gasteiger partial charge on any atom is -0.383 e. The van der Waals surface area contributed by atoms with Crippen LogP contribution >= 0.6 is 0 Å². The summed E-state index contributed by atoms with van der Waals surface area (Å²) in [5.41, 5.74) is 1.08. The number of nitrogens with zero attached hydrogens (tertiary/aromatic N) is 3. The van der Waals surface area contributed by atoms with Gasteiger partial charge in [0.25, 0.3) is 10.0 Å². The van der Waals surface area contributed by atoms with E-state index in [9.17, 15) is 8.42 Å². The van der Waals surface area contributed by atoms with Crippen molar-refractivity contribution < 1.29 is 8.42 Å². The summed E-state index contributed by atoms with van der Waals surface area (Å²) in [5.74, 6) is 0.595. The third kappa shape index (κ3) is 3.96. The van der Waals surface area contributed by atoms with E-state index in [1.807, 2.05) is 6.92 Å². The van der Waals surface area contributed by atoms with Crippen LogP contribution in [0, 0.1) is 6.92 Å². The standard InChI is InChI=1S/C13H17N5O2S/c1-3-14-12-5-4-7-16-13(12)21(19,20)17-9-11-6-8-15-10(2)18-11/h4-8,14,17H,3,9H2,1-2H3. The van der Waals surface area contributed by atoms with Crippen LogP contribution in [-0.4, -0.2) is 29.9 Å². The molecule has 21 heavy (non-hydrogen) atoms. The molecule has 0 radical (unpaired) electrons. The first kappa shape index (κ1) is 15.3. The van der Waals surface area contributed by atoms with Crippen molar-refractivity contribution in [3.8, 4) is 0 Å². The Hall–Kier alpha value is -2.06. The Kier molecular flexibility index (Phi) is 4.81. The molecule has 0 aliphatic heterocycles. The molecular weight excluding hydrogens is 290 g/mol. The second-order valence-electron chi connectivity index (χ2n) is 4.31. The molecule has 8 heteroatoms. The Morgan fingerprint density at radius 3 is 2.71 bits per heavy atom. The summed E-state index contributed by atoms with van der Waals surface area (Å²) in [6, 6.07) is 5.03. The zero-order chi connectivity index (χ0) is 15.3. The second-order valence-corrected chi connectivity index (χ2v) is 5.99. The molecule has 0 atom stereocenters. The molecule has 0 unspecified atom stereocenters. The number of anilines is 1. The van der Waals surface area contributed by atoms with Crippen molar-refractivity contribution in [1.82, 2.24) is 19.7 Å². The summed E-state index contributed by atoms with van der Waals surface area (Å²) in [6.07, 6.45) is 3.04. The third-order valence-electron chi connectivity index (χ3n) is 2.67. The number of rotatable bonds is 6. The van der Waals surface area contributed by atoms with Crippen molar-refractivity contribution in [2.75, 3.05) is 11.9 Å². The number of nitrogens with one attached hydrogen (secondary N) is 2. The van der Waals surface area contributed by atoms with E-state index < -0.39 is 10.0 Å². The second kappa shape index (κ2) is 6.59. The van der Waals surface area contributed by atoms with Gasteiger partial charge >= 0.3 is 0 Å². The maximum atomic E-state index is 12.3. The lowest BCUT2D eigenvalue weighted by Gasteiger charge is -2.11. The summed E-state index contributed by atoms with van der Waals surface area (Å²) in [7, 11) is -3.71. The highest BCUT2D eigenvalue weighted by Crippen LogP contribution is 2.17. The lowest BCUT2D eigenvalue weighted by molar-refractivity contribution is 0.576. The number of aryl methyl sites for hydroxylation is 1. The lowest BCUT2D eigenvalue weighted by Crippen LogP contribution is -2.25. The summed E-state index contributed by atoms with van der Waals surface area (Å²) in [5, 5.41) is 2.97. The number of hydrogen-bond acceptors (Lipinski definition) is 6. The molecule has 0 saturated carbocycles. The zero-order valence-electron chi connectivity index (χ0n) is 11.9. The minimum atomic E-state index is -3.71. The maximum absolute atomic E-state index is 12.3. The highest BCUT2D eigenvalue weighted by Gasteiger charge is 2.19. The number of pyridine rings is 1. The molecule has 7 nitrogen and oxygen atoms in total. The van der Waals surface area contributed by atoms with Gasteiger partial charge in [0.05, 0.1) is 17.9 Å². The lowest BCUT2D eigenvalue weighted by atomic mass is 10.4. The Morgan fingerprint density at radius 1 is 1.19 bits per heavy atom. The van der Waals surface area contributed by atoms with Crippen LogP contribution < -0.4 is 10.0 Å². The average molecular weight is 307 g/mol. The van der Waals surface area contributed by atoms with Gasteiger partial charge in [-0.05, 0) is 32.0 Å². The minimum absolute atomic E-state index is 0.0161. The summed E-state index contributed by atoms with van der Waals surface area (Å²) in [4.78, 5) is 12.1. The van der Waals surface area contributed by atoms with Gasteiger partial charge in [-0.2, -0.15) is 0 Å². The highest BCUT2D eigenvalue weighted by molar-refractivity contribution is 7.89. The fourth-order valence-corrected chi connectivity index (χ4v) is 2.87. The SMILES string of the molecule is CCNc1cccnc1S(=O)(=O)NCc1ccnc(C)n1. The maximum Gasteiger partial charge on any atom is 0.260 e. The Bertz CT molecular complexity index is 718. The molecule has 0 spiro atoms. The Labute approximate surface area is 123 Å². The van der Waals surface area contributed by atoms with Gasteiger partial charge in [0.2, 0.25) is 0 Å². The van der Waals surface area contributed by atoms with Gasteiger partial charge in [0, 0.05) is 18.9 Å². The molecule has 0 bridgehead atoms. The first-order valence-electron chi connectivity index (χ1n) is 6.50. The molecule has 0 aliphatic carbocycles. The van der Waals surface area contributed by atoms with Crippen LogP contribution in [0.15, 0.2) is 35.6 Å². The van der Waals surface area contributed by atoms with Crippen LogP contribution in [0.3, 0.4) is 0 Å². The third-order valence-corrected chi connectivity index (χ3v) is 4.03. The fourth-order valence-electron chi connectivity index (χ4n) is 1.77. The van der Waals surface area contributed by atoms with Crippen molar-refractivity contribution in [2.45, 2.75) is 25.4 Å². The number of sulfonamides is 1. The van der Waals surface area contributed by atoms with E-state index in [0.717, 1.165) is 0 Å². The van der Waals surface area contributed by atoms with Crippen molar-refractivity contribution in [3.05, 3.63) is 42.1 Å². The van der Waals surface area contributed by atoms with Crippen LogP contribution in [0.2, 0.25) is 0 Å². The van der Waals surface area contributed by atoms with Crippen molar-refractivity contribution >= 4 is 15.7 Å². The molecular formula is C13H17N5O2S. The number of aromatic nitrogens is 3. The van der Waals surface area contributed by atoms with Crippen LogP contribution in [0.1, 0.15) is 18.4 Å². The van der Waals surface area contributed by atoms with Crippen molar-refractivity contribution in [2.24, 2.45) is 0 Å². The molecule has 2 N–H and O–H groups in total. The predicted molar refractivity (Wildman–Crippen MR) is 79.2 cm³/mol. The van der Waals surface area contributed by atoms with Crippen LogP contribution in [-0.2, 0) is 16.6 Å². The Morgan fingerprint density at radius 2 is 2.00 bits per heavy atom. The van der Waals surface area contributed by atoms with Gasteiger partial charge < -0.3 is 5.32 Å². The molecule has 112 valence electrons. The highest BCUT2D eigenvalue weighted by atomic mass is 32.2. The van der Waals surface area contributed by atoms with E-state index in [1.165, 1.54) is 6.20 Å². The molecule has 2 aromatic heterocycles. The fraction of sp³-hybridized carbons (Fsp3) is 0.308. The van der Waals surface area contributed by atoms with Crippen molar-refractivity contribution in [3.63, 3.8) is 0 Å². The monoisotopic (exact) mass is 307 g/mol. The van der Waals surface area contributed by atoms with Gasteiger partial charge in [0.15, 0.2) is 5.03 Å².